The lowest BCUT2D eigenvalue weighted by Gasteiger charge is -2.21. The van der Waals surface area contributed by atoms with Crippen molar-refractivity contribution in [3.8, 4) is 0 Å². The minimum atomic E-state index is -0.167. The van der Waals surface area contributed by atoms with E-state index in [2.05, 4.69) is 47.7 Å². The lowest BCUT2D eigenvalue weighted by molar-refractivity contribution is -0.140. The quantitative estimate of drug-likeness (QED) is 0.736. The van der Waals surface area contributed by atoms with Crippen molar-refractivity contribution in [3.05, 3.63) is 24.0 Å². The summed E-state index contributed by atoms with van der Waals surface area (Å²) in [7, 11) is 1.42. The number of esters is 1. The minimum Gasteiger partial charge on any atom is -0.469 e. The Morgan fingerprint density at radius 1 is 1.47 bits per heavy atom. The third kappa shape index (κ3) is 5.07. The van der Waals surface area contributed by atoms with Crippen LogP contribution in [-0.2, 0) is 16.1 Å². The molecule has 0 amide bonds. The minimum absolute atomic E-state index is 0.167. The van der Waals surface area contributed by atoms with E-state index in [-0.39, 0.29) is 5.97 Å². The number of carbonyl (C=O) groups is 1. The van der Waals surface area contributed by atoms with Gasteiger partial charge in [0.25, 0.3) is 0 Å². The summed E-state index contributed by atoms with van der Waals surface area (Å²) in [6.45, 7) is 8.31. The highest BCUT2D eigenvalue weighted by atomic mass is 16.5. The van der Waals surface area contributed by atoms with Crippen LogP contribution in [0.25, 0.3) is 0 Å². The van der Waals surface area contributed by atoms with Crippen molar-refractivity contribution in [3.63, 3.8) is 0 Å². The van der Waals surface area contributed by atoms with Crippen LogP contribution in [0.1, 0.15) is 45.2 Å². The molecular formula is C15H26N2O2. The average molecular weight is 266 g/mol. The molecule has 0 spiro atoms. The number of methoxy groups -OCH3 is 1. The summed E-state index contributed by atoms with van der Waals surface area (Å²) in [6.07, 6.45) is 5.70. The molecule has 1 N–H and O–H groups in total. The maximum atomic E-state index is 11.1. The molecule has 0 saturated carbocycles. The Kier molecular flexibility index (Phi) is 6.64. The van der Waals surface area contributed by atoms with E-state index in [1.54, 1.807) is 0 Å². The van der Waals surface area contributed by atoms with E-state index in [9.17, 15) is 4.79 Å². The Morgan fingerprint density at radius 2 is 2.21 bits per heavy atom. The average Bonchev–Trinajstić information content (AvgIpc) is 2.84. The molecule has 0 saturated heterocycles. The number of aryl methyl sites for hydroxylation is 1. The fraction of sp³-hybridized carbons (Fsp3) is 0.667. The zero-order valence-corrected chi connectivity index (χ0v) is 12.5. The molecule has 1 aromatic rings. The Bertz CT molecular complexity index is 385. The van der Waals surface area contributed by atoms with Crippen LogP contribution in [-0.4, -0.2) is 24.2 Å². The summed E-state index contributed by atoms with van der Waals surface area (Å²) in [5.74, 6) is 0.378. The maximum absolute atomic E-state index is 11.1. The number of rotatable bonds is 8. The first-order chi connectivity index (χ1) is 9.08. The Labute approximate surface area is 116 Å². The maximum Gasteiger partial charge on any atom is 0.307 e. The summed E-state index contributed by atoms with van der Waals surface area (Å²) in [4.78, 5) is 11.1. The predicted molar refractivity (Wildman–Crippen MR) is 76.9 cm³/mol. The summed E-state index contributed by atoms with van der Waals surface area (Å²) < 4.78 is 6.70. The van der Waals surface area contributed by atoms with Gasteiger partial charge in [-0.3, -0.25) is 4.79 Å². The van der Waals surface area contributed by atoms with Crippen molar-refractivity contribution < 1.29 is 9.53 Å². The van der Waals surface area contributed by atoms with E-state index in [0.29, 0.717) is 24.9 Å². The number of aromatic nitrogens is 1. The number of hydrogen-bond donors (Lipinski definition) is 1. The molecule has 1 rings (SSSR count). The van der Waals surface area contributed by atoms with Crippen LogP contribution in [0.5, 0.6) is 0 Å². The van der Waals surface area contributed by atoms with E-state index < -0.39 is 0 Å². The van der Waals surface area contributed by atoms with Crippen LogP contribution in [0.2, 0.25) is 0 Å². The number of nitrogens with zero attached hydrogens (tertiary/aromatic N) is 1. The first-order valence-corrected chi connectivity index (χ1v) is 7.04. The van der Waals surface area contributed by atoms with Crippen molar-refractivity contribution in [1.29, 1.82) is 0 Å². The third-order valence-corrected chi connectivity index (χ3v) is 3.22. The lowest BCUT2D eigenvalue weighted by Crippen LogP contribution is -2.26. The summed E-state index contributed by atoms with van der Waals surface area (Å²) in [5.41, 5.74) is 1.29. The van der Waals surface area contributed by atoms with Gasteiger partial charge in [0.15, 0.2) is 0 Å². The highest BCUT2D eigenvalue weighted by Gasteiger charge is 2.15. The molecule has 0 aliphatic rings. The van der Waals surface area contributed by atoms with Crippen LogP contribution in [0.15, 0.2) is 18.5 Å². The number of ether oxygens (including phenoxy) is 1. The molecule has 108 valence electrons. The van der Waals surface area contributed by atoms with Gasteiger partial charge in [-0.1, -0.05) is 20.8 Å². The van der Waals surface area contributed by atoms with Crippen molar-refractivity contribution >= 4 is 5.97 Å². The van der Waals surface area contributed by atoms with Gasteiger partial charge in [0.05, 0.1) is 13.5 Å². The molecular weight excluding hydrogens is 240 g/mol. The fourth-order valence-electron chi connectivity index (χ4n) is 2.14. The second kappa shape index (κ2) is 8.00. The second-order valence-electron chi connectivity index (χ2n) is 5.18. The van der Waals surface area contributed by atoms with Gasteiger partial charge in [-0.25, -0.2) is 0 Å². The molecule has 0 radical (unpaired) electrons. The van der Waals surface area contributed by atoms with Crippen molar-refractivity contribution in [2.24, 2.45) is 5.92 Å². The third-order valence-electron chi connectivity index (χ3n) is 3.22. The van der Waals surface area contributed by atoms with Crippen molar-refractivity contribution in [2.45, 2.75) is 46.2 Å². The molecule has 4 heteroatoms. The van der Waals surface area contributed by atoms with Crippen molar-refractivity contribution in [2.75, 3.05) is 13.7 Å². The van der Waals surface area contributed by atoms with E-state index in [0.717, 1.165) is 13.0 Å². The first kappa shape index (κ1) is 15.8. The fourth-order valence-corrected chi connectivity index (χ4v) is 2.14. The van der Waals surface area contributed by atoms with Gasteiger partial charge >= 0.3 is 5.97 Å². The molecule has 1 unspecified atom stereocenters. The van der Waals surface area contributed by atoms with E-state index in [1.165, 1.54) is 12.7 Å². The van der Waals surface area contributed by atoms with E-state index in [1.807, 2.05) is 6.20 Å². The highest BCUT2D eigenvalue weighted by Crippen LogP contribution is 2.22. The van der Waals surface area contributed by atoms with Gasteiger partial charge in [-0.2, -0.15) is 0 Å². The van der Waals surface area contributed by atoms with Gasteiger partial charge in [0.2, 0.25) is 0 Å². The lowest BCUT2D eigenvalue weighted by atomic mass is 9.98. The number of carbonyl (C=O) groups excluding carboxylic acids is 1. The van der Waals surface area contributed by atoms with Gasteiger partial charge in [0, 0.05) is 25.0 Å². The van der Waals surface area contributed by atoms with Crippen LogP contribution >= 0.6 is 0 Å². The molecule has 0 aliphatic carbocycles. The molecule has 4 nitrogen and oxygen atoms in total. The largest absolute Gasteiger partial charge is 0.469 e. The monoisotopic (exact) mass is 266 g/mol. The summed E-state index contributed by atoms with van der Waals surface area (Å²) in [6, 6.07) is 2.50. The van der Waals surface area contributed by atoms with Crippen LogP contribution in [0.3, 0.4) is 0 Å². The molecule has 1 heterocycles. The Hall–Kier alpha value is -1.29. The molecule has 0 aromatic carbocycles. The normalized spacial score (nSPS) is 12.7. The molecule has 0 fully saturated rings. The van der Waals surface area contributed by atoms with E-state index >= 15 is 0 Å². The Balaban J connectivity index is 2.62. The van der Waals surface area contributed by atoms with Gasteiger partial charge in [0.1, 0.15) is 0 Å². The van der Waals surface area contributed by atoms with Gasteiger partial charge in [-0.05, 0) is 30.5 Å². The number of hydrogen-bond acceptors (Lipinski definition) is 3. The highest BCUT2D eigenvalue weighted by molar-refractivity contribution is 5.68. The van der Waals surface area contributed by atoms with Gasteiger partial charge in [-0.15, -0.1) is 0 Å². The topological polar surface area (TPSA) is 43.3 Å². The van der Waals surface area contributed by atoms with Gasteiger partial charge < -0.3 is 14.6 Å². The van der Waals surface area contributed by atoms with Crippen LogP contribution in [0.4, 0.5) is 0 Å². The summed E-state index contributed by atoms with van der Waals surface area (Å²) in [5, 5.41) is 3.57. The standard InChI is InChI=1S/C15H26N2O2/c1-5-8-16-15(12(2)3)13-6-9-17(11-13)10-7-14(18)19-4/h6,9,11-12,15-16H,5,7-8,10H2,1-4H3. The Morgan fingerprint density at radius 3 is 2.79 bits per heavy atom. The second-order valence-corrected chi connectivity index (χ2v) is 5.18. The molecule has 19 heavy (non-hydrogen) atoms. The first-order valence-electron chi connectivity index (χ1n) is 7.04. The SMILES string of the molecule is CCCNC(c1ccn(CCC(=O)OC)c1)C(C)C. The summed E-state index contributed by atoms with van der Waals surface area (Å²) >= 11 is 0. The van der Waals surface area contributed by atoms with Crippen molar-refractivity contribution in [1.82, 2.24) is 9.88 Å². The zero-order chi connectivity index (χ0) is 14.3. The van der Waals surface area contributed by atoms with Crippen LogP contribution < -0.4 is 5.32 Å². The van der Waals surface area contributed by atoms with Crippen LogP contribution in [0, 0.1) is 5.92 Å². The predicted octanol–water partition coefficient (Wildman–Crippen LogP) is 2.75. The molecule has 1 atom stereocenters. The smallest absolute Gasteiger partial charge is 0.307 e. The molecule has 1 aromatic heterocycles. The number of nitrogens with one attached hydrogen (secondary N) is 1. The molecule has 0 bridgehead atoms. The molecule has 0 aliphatic heterocycles. The zero-order valence-electron chi connectivity index (χ0n) is 12.5. The van der Waals surface area contributed by atoms with E-state index in [4.69, 9.17) is 0 Å².